The van der Waals surface area contributed by atoms with Gasteiger partial charge >= 0.3 is 42.7 Å². The average Bonchev–Trinajstić information content (AvgIpc) is 3.21. The Morgan fingerprint density at radius 1 is 0.471 bits per heavy atom. The van der Waals surface area contributed by atoms with Crippen LogP contribution in [0.1, 0.15) is 90.0 Å². The first-order valence-corrected chi connectivity index (χ1v) is 24.5. The first-order valence-electron chi connectivity index (χ1n) is 20.7. The van der Waals surface area contributed by atoms with Crippen LogP contribution in [0.25, 0.3) is 0 Å². The van der Waals surface area contributed by atoms with Crippen molar-refractivity contribution in [3.8, 4) is 0 Å². The Bertz CT molecular complexity index is 1260. The van der Waals surface area contributed by atoms with Gasteiger partial charge in [0, 0.05) is 72.0 Å². The molecule has 0 fully saturated rings. The Kier molecular flexibility index (Phi) is 63.8. The molecule has 0 aliphatic heterocycles. The van der Waals surface area contributed by atoms with Gasteiger partial charge in [-0.2, -0.15) is 0 Å². The summed E-state index contributed by atoms with van der Waals surface area (Å²) >= 11 is 36.0. The lowest BCUT2D eigenvalue weighted by atomic mass is 10.2. The van der Waals surface area contributed by atoms with E-state index < -0.39 is 24.4 Å². The normalized spacial score (nSPS) is 9.50. The molecule has 0 aromatic rings. The van der Waals surface area contributed by atoms with Crippen molar-refractivity contribution in [3.05, 3.63) is 0 Å². The Morgan fingerprint density at radius 3 is 1.12 bits per heavy atom. The highest BCUT2D eigenvalue weighted by Crippen LogP contribution is 2.07. The monoisotopic (exact) mass is 1130 g/mol. The summed E-state index contributed by atoms with van der Waals surface area (Å²) in [6, 6.07) is -0.0880. The summed E-state index contributed by atoms with van der Waals surface area (Å²) in [6.07, 6.45) is -2.92. The summed E-state index contributed by atoms with van der Waals surface area (Å²) in [5, 5.41) is 7.26. The number of amides is 7. The molecule has 0 aliphatic carbocycles. The Morgan fingerprint density at radius 2 is 0.838 bits per heavy atom. The van der Waals surface area contributed by atoms with Crippen molar-refractivity contribution >= 4 is 124 Å². The predicted octanol–water partition coefficient (Wildman–Crippen LogP) is 10.7. The maximum absolute atomic E-state index is 11.2. The zero-order valence-electron chi connectivity index (χ0n) is 42.7. The van der Waals surface area contributed by atoms with Crippen LogP contribution in [0.15, 0.2) is 0 Å². The minimum absolute atomic E-state index is 0.0813. The number of alkyl carbamates (subject to hydrolysis) is 3. The van der Waals surface area contributed by atoms with Gasteiger partial charge in [-0.15, -0.1) is 0 Å². The van der Waals surface area contributed by atoms with Crippen molar-refractivity contribution in [1.82, 2.24) is 35.6 Å². The Hall–Kier alpha value is -3.08. The fraction of sp³-hybridized carbons (Fsp3) is 0.825. The van der Waals surface area contributed by atoms with Crippen molar-refractivity contribution in [3.63, 3.8) is 0 Å². The lowest BCUT2D eigenvalue weighted by Gasteiger charge is -2.29. The molecule has 0 saturated heterocycles. The average molecular weight is 1130 g/mol. The second-order valence-corrected chi connectivity index (χ2v) is 16.2. The summed E-state index contributed by atoms with van der Waals surface area (Å²) in [7, 11) is 6.34. The van der Waals surface area contributed by atoms with E-state index in [4.69, 9.17) is 81.2 Å². The third-order valence-corrected chi connectivity index (χ3v) is 7.14. The molecule has 0 atom stereocenters. The molecule has 0 unspecified atom stereocenters. The van der Waals surface area contributed by atoms with Gasteiger partial charge in [0.1, 0.15) is 0 Å². The van der Waals surface area contributed by atoms with E-state index in [-0.39, 0.29) is 84.9 Å². The highest BCUT2D eigenvalue weighted by atomic mass is 35.5. The first kappa shape index (κ1) is 79.1. The molecule has 3 N–H and O–H groups in total. The summed E-state index contributed by atoms with van der Waals surface area (Å²) in [5.74, 6) is 0.880. The van der Waals surface area contributed by atoms with Crippen LogP contribution >= 0.6 is 81.2 Å². The fourth-order valence-electron chi connectivity index (χ4n) is 3.77. The Balaban J connectivity index is -0.000000128. The molecule has 0 rings (SSSR count). The molecule has 0 spiro atoms. The van der Waals surface area contributed by atoms with Crippen molar-refractivity contribution in [2.75, 3.05) is 90.3 Å². The number of nitrogens with zero attached hydrogens (tertiary/aromatic N) is 4. The molecular weight excluding hydrogens is 1050 g/mol. The molecule has 408 valence electrons. The third kappa shape index (κ3) is 60.9. The number of nitrogens with one attached hydrogen (secondary N) is 3. The van der Waals surface area contributed by atoms with E-state index in [1.54, 1.807) is 30.9 Å². The predicted molar refractivity (Wildman–Crippen MR) is 271 cm³/mol. The summed E-state index contributed by atoms with van der Waals surface area (Å²) in [6.45, 7) is 27.2. The molecule has 68 heavy (non-hydrogen) atoms. The molecule has 0 saturated carbocycles. The van der Waals surface area contributed by atoms with Crippen molar-refractivity contribution in [1.29, 1.82) is 0 Å². The molecule has 0 bridgehead atoms. The zero-order valence-corrected chi connectivity index (χ0v) is 48.0. The van der Waals surface area contributed by atoms with Crippen LogP contribution in [-0.2, 0) is 33.2 Å². The quantitative estimate of drug-likeness (QED) is 0.0964. The van der Waals surface area contributed by atoms with Crippen molar-refractivity contribution < 1.29 is 66.7 Å². The third-order valence-electron chi connectivity index (χ3n) is 6.37. The van der Waals surface area contributed by atoms with Crippen molar-refractivity contribution in [2.45, 2.75) is 114 Å². The largest absolute Gasteiger partial charge is 0.433 e. The summed E-state index contributed by atoms with van der Waals surface area (Å²) < 4.78 is 31.2. The highest BCUT2D eigenvalue weighted by molar-refractivity contribution is 6.18. The van der Waals surface area contributed by atoms with E-state index in [9.17, 15) is 33.6 Å². The fourth-order valence-corrected chi connectivity index (χ4v) is 4.44. The van der Waals surface area contributed by atoms with Gasteiger partial charge in [0.05, 0.1) is 0 Å². The van der Waals surface area contributed by atoms with Crippen LogP contribution in [0.5, 0.6) is 0 Å². The second-order valence-electron chi connectivity index (χ2n) is 14.7. The molecule has 0 radical (unpaired) electrons. The zero-order chi connectivity index (χ0) is 55.0. The highest BCUT2D eigenvalue weighted by Gasteiger charge is 2.21. The van der Waals surface area contributed by atoms with Crippen LogP contribution in [0.2, 0.25) is 0 Å². The van der Waals surface area contributed by atoms with E-state index in [1.165, 1.54) is 16.8 Å². The number of ether oxygens (including phenoxy) is 7. The standard InChI is InChI=1S/C8H16ClNO2.2C7H14ClNO2.C6H12ClNO2.C5H10ClNO2.C4H8ClNO2.C3H6ClNO2/c1-6(2)10(7(3)4)8(11)12-5-9;1-6(2)4-9(3)7(10)11-5-8;1-4-9(6(2)3)7(10)11-5-8;1-5(2)3-8-6(9)10-4-7;1-4(2)7-5(8)9-3-6;1-6(2)4(7)8-3-5;1-5-3(6)7-2-4/h6-7H,5H2,1-4H3;2*6H,4-5H2,1-3H3;5H,3-4H2,1-2H3,(H,8,9);4H,3H2,1-2H3,(H,7,8);3H2,1-2H3;2H2,1H3,(H,5,6). The molecule has 0 heterocycles. The number of hydrogen-bond acceptors (Lipinski definition) is 14. The number of carbonyl (C=O) groups is 7. The SMILES string of the molecule is CC(C)CN(C)C(=O)OCCl.CC(C)CNC(=O)OCCl.CC(C)N(C(=O)OCCl)C(C)C.CC(C)NC(=O)OCCl.CCN(C(=O)OCCl)C(C)C.CN(C)C(=O)OCCl.CNC(=O)OCCl. The molecular formula is C40H80Cl7N7O14. The first-order chi connectivity index (χ1) is 31.5. The number of carbonyl (C=O) groups excluding carboxylic acids is 7. The molecule has 0 aromatic heterocycles. The summed E-state index contributed by atoms with van der Waals surface area (Å²) in [5.41, 5.74) is 0. The minimum Gasteiger partial charge on any atom is -0.433 e. The lowest BCUT2D eigenvalue weighted by Crippen LogP contribution is -2.42. The van der Waals surface area contributed by atoms with Crippen LogP contribution < -0.4 is 16.0 Å². The second kappa shape index (κ2) is 54.9. The summed E-state index contributed by atoms with van der Waals surface area (Å²) in [4.78, 5) is 80.6. The van der Waals surface area contributed by atoms with E-state index in [1.807, 2.05) is 90.0 Å². The number of hydrogen-bond donors (Lipinski definition) is 3. The van der Waals surface area contributed by atoms with Crippen LogP contribution in [0, 0.1) is 11.8 Å². The maximum Gasteiger partial charge on any atom is 0.411 e. The van der Waals surface area contributed by atoms with Gasteiger partial charge in [0.25, 0.3) is 0 Å². The smallest absolute Gasteiger partial charge is 0.411 e. The maximum atomic E-state index is 11.2. The molecule has 0 aliphatic rings. The van der Waals surface area contributed by atoms with Gasteiger partial charge in [-0.1, -0.05) is 109 Å². The number of halogens is 7. The minimum atomic E-state index is -0.505. The van der Waals surface area contributed by atoms with Gasteiger partial charge in [-0.05, 0) is 74.1 Å². The lowest BCUT2D eigenvalue weighted by molar-refractivity contribution is 0.0920. The number of alkyl halides is 7. The van der Waals surface area contributed by atoms with Gasteiger partial charge < -0.3 is 68.7 Å². The van der Waals surface area contributed by atoms with Gasteiger partial charge in [0.15, 0.2) is 42.5 Å². The van der Waals surface area contributed by atoms with Gasteiger partial charge in [-0.25, -0.2) is 33.6 Å². The van der Waals surface area contributed by atoms with Crippen molar-refractivity contribution in [2.24, 2.45) is 11.8 Å². The van der Waals surface area contributed by atoms with Gasteiger partial charge in [0.2, 0.25) is 0 Å². The number of rotatable bonds is 16. The van der Waals surface area contributed by atoms with E-state index in [0.29, 0.717) is 31.5 Å². The molecule has 28 heteroatoms. The van der Waals surface area contributed by atoms with Gasteiger partial charge in [-0.3, -0.25) is 0 Å². The van der Waals surface area contributed by atoms with E-state index in [2.05, 4.69) is 49.1 Å². The topological polar surface area (TPSA) is 233 Å². The molecule has 0 aromatic carbocycles. The van der Waals surface area contributed by atoms with Crippen LogP contribution in [0.4, 0.5) is 33.6 Å². The Labute approximate surface area is 440 Å². The molecule has 21 nitrogen and oxygen atoms in total. The van der Waals surface area contributed by atoms with E-state index in [0.717, 1.165) is 0 Å². The van der Waals surface area contributed by atoms with Crippen LogP contribution in [-0.4, -0.2) is 177 Å². The molecule has 7 amide bonds. The van der Waals surface area contributed by atoms with Crippen LogP contribution in [0.3, 0.4) is 0 Å². The van der Waals surface area contributed by atoms with E-state index >= 15 is 0 Å².